The first-order valence-corrected chi connectivity index (χ1v) is 7.94. The Morgan fingerprint density at radius 3 is 2.53 bits per heavy atom. The zero-order valence-electron chi connectivity index (χ0n) is 12.6. The average Bonchev–Trinajstić information content (AvgIpc) is 2.37. The number of ether oxygens (including phenoxy) is 1. The molecule has 0 amide bonds. The van der Waals surface area contributed by atoms with Crippen LogP contribution in [0.1, 0.15) is 46.1 Å². The molecule has 1 N–H and O–H groups in total. The molecule has 0 fully saturated rings. The monoisotopic (exact) mass is 327 g/mol. The van der Waals surface area contributed by atoms with Crippen molar-refractivity contribution in [3.05, 3.63) is 28.2 Å². The second-order valence-corrected chi connectivity index (χ2v) is 6.32. The third-order valence-electron chi connectivity index (χ3n) is 3.37. The highest BCUT2D eigenvalue weighted by atomic mass is 79.9. The van der Waals surface area contributed by atoms with Crippen LogP contribution in [0.25, 0.3) is 0 Å². The minimum absolute atomic E-state index is 0.175. The van der Waals surface area contributed by atoms with Gasteiger partial charge >= 0.3 is 0 Å². The molecule has 0 heterocycles. The van der Waals surface area contributed by atoms with Gasteiger partial charge in [0.25, 0.3) is 0 Å². The summed E-state index contributed by atoms with van der Waals surface area (Å²) in [6.07, 6.45) is 2.32. The van der Waals surface area contributed by atoms with Gasteiger partial charge in [0.1, 0.15) is 5.75 Å². The summed E-state index contributed by atoms with van der Waals surface area (Å²) in [6.45, 7) is 11.6. The summed E-state index contributed by atoms with van der Waals surface area (Å²) in [5.41, 5.74) is 1.52. The van der Waals surface area contributed by atoms with E-state index in [1.165, 1.54) is 12.0 Å². The van der Waals surface area contributed by atoms with Gasteiger partial charge < -0.3 is 10.1 Å². The lowest BCUT2D eigenvalue weighted by molar-refractivity contribution is 0.337. The van der Waals surface area contributed by atoms with Gasteiger partial charge in [0, 0.05) is 0 Å². The Labute approximate surface area is 126 Å². The van der Waals surface area contributed by atoms with E-state index in [9.17, 15) is 0 Å². The van der Waals surface area contributed by atoms with Crippen molar-refractivity contribution >= 4 is 15.9 Å². The van der Waals surface area contributed by atoms with Crippen LogP contribution >= 0.6 is 15.9 Å². The average molecular weight is 328 g/mol. The first-order chi connectivity index (χ1) is 9.01. The van der Waals surface area contributed by atoms with E-state index in [1.807, 2.05) is 6.92 Å². The molecule has 0 unspecified atom stereocenters. The van der Waals surface area contributed by atoms with E-state index in [2.05, 4.69) is 60.2 Å². The van der Waals surface area contributed by atoms with Crippen LogP contribution in [-0.2, 0) is 5.41 Å². The molecule has 0 radical (unpaired) electrons. The van der Waals surface area contributed by atoms with Crippen molar-refractivity contribution in [2.75, 3.05) is 19.7 Å². The van der Waals surface area contributed by atoms with Crippen molar-refractivity contribution in [3.8, 4) is 5.75 Å². The molecule has 108 valence electrons. The van der Waals surface area contributed by atoms with Gasteiger partial charge in [-0.1, -0.05) is 26.8 Å². The van der Waals surface area contributed by atoms with Crippen molar-refractivity contribution in [2.24, 2.45) is 0 Å². The highest BCUT2D eigenvalue weighted by Gasteiger charge is 2.21. The SMILES string of the molecule is CCCNCCC(C)(C)c1ccc(OCC)c(Br)c1. The largest absolute Gasteiger partial charge is 0.493 e. The van der Waals surface area contributed by atoms with Gasteiger partial charge in [-0.25, -0.2) is 0 Å². The van der Waals surface area contributed by atoms with Gasteiger partial charge in [0.2, 0.25) is 0 Å². The predicted molar refractivity (Wildman–Crippen MR) is 86.1 cm³/mol. The molecule has 2 nitrogen and oxygen atoms in total. The minimum atomic E-state index is 0.175. The molecule has 1 aromatic rings. The third-order valence-corrected chi connectivity index (χ3v) is 3.99. The highest BCUT2D eigenvalue weighted by molar-refractivity contribution is 9.10. The molecule has 0 saturated carbocycles. The van der Waals surface area contributed by atoms with Crippen LogP contribution in [0.5, 0.6) is 5.75 Å². The molecule has 3 heteroatoms. The van der Waals surface area contributed by atoms with Gasteiger partial charge in [-0.2, -0.15) is 0 Å². The Morgan fingerprint density at radius 2 is 1.95 bits per heavy atom. The van der Waals surface area contributed by atoms with E-state index < -0.39 is 0 Å². The van der Waals surface area contributed by atoms with Crippen LogP contribution in [0.15, 0.2) is 22.7 Å². The van der Waals surface area contributed by atoms with E-state index in [-0.39, 0.29) is 5.41 Å². The van der Waals surface area contributed by atoms with Gasteiger partial charge in [-0.15, -0.1) is 0 Å². The fourth-order valence-electron chi connectivity index (χ4n) is 2.04. The standard InChI is InChI=1S/C16H26BrNO/c1-5-10-18-11-9-16(3,4)13-7-8-15(19-6-2)14(17)12-13/h7-8,12,18H,5-6,9-11H2,1-4H3. The lowest BCUT2D eigenvalue weighted by atomic mass is 9.81. The zero-order chi connectivity index (χ0) is 14.3. The molecule has 0 aliphatic heterocycles. The fourth-order valence-corrected chi connectivity index (χ4v) is 2.53. The number of rotatable bonds is 8. The molecular weight excluding hydrogens is 302 g/mol. The van der Waals surface area contributed by atoms with E-state index in [4.69, 9.17) is 4.74 Å². The lowest BCUT2D eigenvalue weighted by Crippen LogP contribution is -2.26. The van der Waals surface area contributed by atoms with Crippen LogP contribution in [0.2, 0.25) is 0 Å². The molecule has 1 aromatic carbocycles. The van der Waals surface area contributed by atoms with Gasteiger partial charge in [-0.3, -0.25) is 0 Å². The lowest BCUT2D eigenvalue weighted by Gasteiger charge is -2.26. The maximum atomic E-state index is 5.56. The zero-order valence-corrected chi connectivity index (χ0v) is 14.1. The molecular formula is C16H26BrNO. The number of hydrogen-bond donors (Lipinski definition) is 1. The molecule has 19 heavy (non-hydrogen) atoms. The van der Waals surface area contributed by atoms with Crippen LogP contribution in [-0.4, -0.2) is 19.7 Å². The summed E-state index contributed by atoms with van der Waals surface area (Å²) in [6, 6.07) is 6.42. The van der Waals surface area contributed by atoms with E-state index in [0.29, 0.717) is 6.61 Å². The maximum Gasteiger partial charge on any atom is 0.133 e. The number of halogens is 1. The van der Waals surface area contributed by atoms with Crippen LogP contribution < -0.4 is 10.1 Å². The van der Waals surface area contributed by atoms with Gasteiger partial charge in [0.05, 0.1) is 11.1 Å². The Kier molecular flexibility index (Phi) is 6.87. The number of hydrogen-bond acceptors (Lipinski definition) is 2. The first-order valence-electron chi connectivity index (χ1n) is 7.14. The Bertz CT molecular complexity index is 390. The number of benzene rings is 1. The highest BCUT2D eigenvalue weighted by Crippen LogP contribution is 2.33. The van der Waals surface area contributed by atoms with Crippen LogP contribution in [0, 0.1) is 0 Å². The van der Waals surface area contributed by atoms with Crippen LogP contribution in [0.4, 0.5) is 0 Å². The maximum absolute atomic E-state index is 5.56. The van der Waals surface area contributed by atoms with Gasteiger partial charge in [0.15, 0.2) is 0 Å². The van der Waals surface area contributed by atoms with E-state index >= 15 is 0 Å². The minimum Gasteiger partial charge on any atom is -0.493 e. The van der Waals surface area contributed by atoms with Gasteiger partial charge in [-0.05, 0) is 71.9 Å². The van der Waals surface area contributed by atoms with Crippen molar-refractivity contribution in [3.63, 3.8) is 0 Å². The Balaban J connectivity index is 2.69. The van der Waals surface area contributed by atoms with E-state index in [0.717, 1.165) is 29.7 Å². The predicted octanol–water partition coefficient (Wildman–Crippen LogP) is 4.52. The van der Waals surface area contributed by atoms with Crippen molar-refractivity contribution in [1.29, 1.82) is 0 Å². The first kappa shape index (κ1) is 16.5. The molecule has 0 aliphatic carbocycles. The molecule has 0 saturated heterocycles. The van der Waals surface area contributed by atoms with Crippen LogP contribution in [0.3, 0.4) is 0 Å². The molecule has 1 rings (SSSR count). The summed E-state index contributed by atoms with van der Waals surface area (Å²) in [5.74, 6) is 0.922. The molecule has 0 aromatic heterocycles. The second kappa shape index (κ2) is 7.91. The smallest absolute Gasteiger partial charge is 0.133 e. The summed E-state index contributed by atoms with van der Waals surface area (Å²) in [5, 5.41) is 3.47. The number of nitrogens with one attached hydrogen (secondary N) is 1. The summed E-state index contributed by atoms with van der Waals surface area (Å²) >= 11 is 3.59. The summed E-state index contributed by atoms with van der Waals surface area (Å²) < 4.78 is 6.60. The Hall–Kier alpha value is -0.540. The fraction of sp³-hybridized carbons (Fsp3) is 0.625. The summed E-state index contributed by atoms with van der Waals surface area (Å²) in [4.78, 5) is 0. The normalized spacial score (nSPS) is 11.6. The Morgan fingerprint density at radius 1 is 1.21 bits per heavy atom. The third kappa shape index (κ3) is 5.15. The molecule has 0 aliphatic rings. The second-order valence-electron chi connectivity index (χ2n) is 5.46. The summed E-state index contributed by atoms with van der Waals surface area (Å²) in [7, 11) is 0. The van der Waals surface area contributed by atoms with Crippen molar-refractivity contribution < 1.29 is 4.74 Å². The topological polar surface area (TPSA) is 21.3 Å². The molecule has 0 spiro atoms. The molecule has 0 bridgehead atoms. The van der Waals surface area contributed by atoms with Crippen molar-refractivity contribution in [2.45, 2.75) is 46.0 Å². The quantitative estimate of drug-likeness (QED) is 0.709. The van der Waals surface area contributed by atoms with E-state index in [1.54, 1.807) is 0 Å². The van der Waals surface area contributed by atoms with Crippen molar-refractivity contribution in [1.82, 2.24) is 5.32 Å². The molecule has 0 atom stereocenters.